The molecule has 2 heterocycles. The molecule has 1 amide bonds. The predicted octanol–water partition coefficient (Wildman–Crippen LogP) is 4.01. The lowest BCUT2D eigenvalue weighted by Gasteiger charge is -2.36. The molecule has 122 valence electrons. The fourth-order valence-electron chi connectivity index (χ4n) is 3.34. The number of carbonyl (C=O) groups excluding carboxylic acids is 1. The van der Waals surface area contributed by atoms with Crippen molar-refractivity contribution in [3.63, 3.8) is 0 Å². The normalized spacial score (nSPS) is 18.1. The third kappa shape index (κ3) is 4.35. The Hall–Kier alpha value is -1.81. The molecular formula is C19H23NO2S. The predicted molar refractivity (Wildman–Crippen MR) is 93.8 cm³/mol. The van der Waals surface area contributed by atoms with Gasteiger partial charge in [-0.2, -0.15) is 0 Å². The zero-order chi connectivity index (χ0) is 16.1. The van der Waals surface area contributed by atoms with E-state index >= 15 is 0 Å². The number of thiophene rings is 1. The number of phenols is 1. The van der Waals surface area contributed by atoms with Gasteiger partial charge < -0.3 is 10.0 Å². The van der Waals surface area contributed by atoms with Crippen LogP contribution in [0.5, 0.6) is 5.75 Å². The minimum Gasteiger partial charge on any atom is -0.508 e. The van der Waals surface area contributed by atoms with Crippen molar-refractivity contribution >= 4 is 17.2 Å². The number of rotatable bonds is 5. The fraction of sp³-hybridized carbons (Fsp3) is 0.421. The molecule has 1 aromatic carbocycles. The first-order valence-corrected chi connectivity index (χ1v) is 9.20. The summed E-state index contributed by atoms with van der Waals surface area (Å²) in [5, 5.41) is 11.6. The minimum atomic E-state index is 0.257. The summed E-state index contributed by atoms with van der Waals surface area (Å²) in [6, 6.07) is 11.8. The van der Waals surface area contributed by atoms with E-state index in [9.17, 15) is 9.90 Å². The summed E-state index contributed by atoms with van der Waals surface area (Å²) >= 11 is 1.65. The Balaban J connectivity index is 1.60. The monoisotopic (exact) mass is 329 g/mol. The van der Waals surface area contributed by atoms with Crippen molar-refractivity contribution in [2.45, 2.75) is 44.6 Å². The highest BCUT2D eigenvalue weighted by Crippen LogP contribution is 2.24. The summed E-state index contributed by atoms with van der Waals surface area (Å²) in [5.74, 6) is 0.574. The van der Waals surface area contributed by atoms with Gasteiger partial charge in [0.25, 0.3) is 0 Å². The van der Waals surface area contributed by atoms with E-state index in [0.29, 0.717) is 18.2 Å². The van der Waals surface area contributed by atoms with Crippen molar-refractivity contribution < 1.29 is 9.90 Å². The Kier molecular flexibility index (Phi) is 5.34. The number of nitrogens with zero attached hydrogens (tertiary/aromatic N) is 1. The molecule has 0 aliphatic carbocycles. The molecule has 1 unspecified atom stereocenters. The van der Waals surface area contributed by atoms with Crippen LogP contribution >= 0.6 is 11.3 Å². The lowest BCUT2D eigenvalue weighted by atomic mass is 9.95. The van der Waals surface area contributed by atoms with Gasteiger partial charge in [0.15, 0.2) is 0 Å². The van der Waals surface area contributed by atoms with Crippen molar-refractivity contribution in [3.8, 4) is 5.75 Å². The third-order valence-electron chi connectivity index (χ3n) is 4.53. The number of amides is 1. The lowest BCUT2D eigenvalue weighted by molar-refractivity contribution is -0.134. The fourth-order valence-corrected chi connectivity index (χ4v) is 4.03. The molecule has 1 aliphatic heterocycles. The van der Waals surface area contributed by atoms with Gasteiger partial charge in [-0.1, -0.05) is 18.2 Å². The highest BCUT2D eigenvalue weighted by atomic mass is 32.1. The maximum absolute atomic E-state index is 12.6. The van der Waals surface area contributed by atoms with Crippen molar-refractivity contribution in [1.29, 1.82) is 0 Å². The second kappa shape index (κ2) is 7.64. The van der Waals surface area contributed by atoms with E-state index < -0.39 is 0 Å². The molecule has 0 radical (unpaired) electrons. The lowest BCUT2D eigenvalue weighted by Crippen LogP contribution is -2.44. The van der Waals surface area contributed by atoms with E-state index in [-0.39, 0.29) is 5.91 Å². The Morgan fingerprint density at radius 2 is 2.17 bits per heavy atom. The molecule has 1 atom stereocenters. The molecule has 1 aromatic heterocycles. The van der Waals surface area contributed by atoms with E-state index in [1.165, 1.54) is 6.42 Å². The standard InChI is InChI=1S/C19H23NO2S/c21-17-7-3-5-15(13-17)9-10-16-6-1-2-11-20(16)19(22)14-18-8-4-12-23-18/h3-5,7-8,12-13,16,21H,1-2,6,9-11,14H2. The second-order valence-electron chi connectivity index (χ2n) is 6.20. The highest BCUT2D eigenvalue weighted by Gasteiger charge is 2.26. The highest BCUT2D eigenvalue weighted by molar-refractivity contribution is 7.10. The molecule has 4 heteroatoms. The van der Waals surface area contributed by atoms with Crippen LogP contribution in [-0.2, 0) is 17.6 Å². The SMILES string of the molecule is O=C(Cc1cccs1)N1CCCCC1CCc1cccc(O)c1. The molecule has 3 rings (SSSR count). The van der Waals surface area contributed by atoms with Gasteiger partial charge in [0.2, 0.25) is 5.91 Å². The van der Waals surface area contributed by atoms with E-state index in [1.807, 2.05) is 35.7 Å². The molecule has 1 N–H and O–H groups in total. The number of aryl methyl sites for hydroxylation is 1. The van der Waals surface area contributed by atoms with Gasteiger partial charge in [0.05, 0.1) is 6.42 Å². The number of piperidine rings is 1. The van der Waals surface area contributed by atoms with E-state index in [4.69, 9.17) is 0 Å². The molecule has 0 saturated carbocycles. The quantitative estimate of drug-likeness (QED) is 0.900. The van der Waals surface area contributed by atoms with Crippen molar-refractivity contribution in [2.24, 2.45) is 0 Å². The Labute approximate surface area is 141 Å². The Morgan fingerprint density at radius 1 is 1.26 bits per heavy atom. The molecule has 0 bridgehead atoms. The average molecular weight is 329 g/mol. The van der Waals surface area contributed by atoms with Gasteiger partial charge in [-0.3, -0.25) is 4.79 Å². The first kappa shape index (κ1) is 16.1. The number of benzene rings is 1. The average Bonchev–Trinajstić information content (AvgIpc) is 3.06. The molecule has 0 spiro atoms. The molecular weight excluding hydrogens is 306 g/mol. The Bertz CT molecular complexity index is 639. The number of aromatic hydroxyl groups is 1. The topological polar surface area (TPSA) is 40.5 Å². The van der Waals surface area contributed by atoms with Gasteiger partial charge in [-0.25, -0.2) is 0 Å². The van der Waals surface area contributed by atoms with Crippen molar-refractivity contribution in [2.75, 3.05) is 6.54 Å². The molecule has 23 heavy (non-hydrogen) atoms. The number of phenolic OH excluding ortho intramolecular Hbond substituents is 1. The summed E-state index contributed by atoms with van der Waals surface area (Å²) in [4.78, 5) is 15.9. The molecule has 3 nitrogen and oxygen atoms in total. The van der Waals surface area contributed by atoms with Gasteiger partial charge in [0, 0.05) is 17.5 Å². The van der Waals surface area contributed by atoms with Crippen LogP contribution in [-0.4, -0.2) is 28.5 Å². The number of carbonyl (C=O) groups is 1. The summed E-state index contributed by atoms with van der Waals surface area (Å²) in [6.07, 6.45) is 5.81. The summed E-state index contributed by atoms with van der Waals surface area (Å²) in [5.41, 5.74) is 1.14. The van der Waals surface area contributed by atoms with Crippen molar-refractivity contribution in [3.05, 3.63) is 52.2 Å². The summed E-state index contributed by atoms with van der Waals surface area (Å²) < 4.78 is 0. The summed E-state index contributed by atoms with van der Waals surface area (Å²) in [7, 11) is 0. The van der Waals surface area contributed by atoms with Crippen LogP contribution in [0.15, 0.2) is 41.8 Å². The largest absolute Gasteiger partial charge is 0.508 e. The van der Waals surface area contributed by atoms with Gasteiger partial charge >= 0.3 is 0 Å². The number of likely N-dealkylation sites (tertiary alicyclic amines) is 1. The van der Waals surface area contributed by atoms with Crippen LogP contribution < -0.4 is 0 Å². The Morgan fingerprint density at radius 3 is 2.96 bits per heavy atom. The second-order valence-corrected chi connectivity index (χ2v) is 7.23. The van der Waals surface area contributed by atoms with Crippen LogP contribution in [0.1, 0.15) is 36.1 Å². The molecule has 1 saturated heterocycles. The van der Waals surface area contributed by atoms with Crippen molar-refractivity contribution in [1.82, 2.24) is 4.90 Å². The maximum Gasteiger partial charge on any atom is 0.228 e. The molecule has 1 fully saturated rings. The van der Waals surface area contributed by atoms with Crippen LogP contribution in [0.2, 0.25) is 0 Å². The van der Waals surface area contributed by atoms with Crippen LogP contribution in [0.4, 0.5) is 0 Å². The molecule has 2 aromatic rings. The van der Waals surface area contributed by atoms with Gasteiger partial charge in [-0.05, 0) is 61.2 Å². The first-order valence-electron chi connectivity index (χ1n) is 8.32. The molecule has 1 aliphatic rings. The van der Waals surface area contributed by atoms with E-state index in [1.54, 1.807) is 17.4 Å². The maximum atomic E-state index is 12.6. The van der Waals surface area contributed by atoms with Crippen LogP contribution in [0.3, 0.4) is 0 Å². The zero-order valence-corrected chi connectivity index (χ0v) is 14.1. The smallest absolute Gasteiger partial charge is 0.228 e. The van der Waals surface area contributed by atoms with Crippen LogP contribution in [0, 0.1) is 0 Å². The minimum absolute atomic E-state index is 0.257. The summed E-state index contributed by atoms with van der Waals surface area (Å²) in [6.45, 7) is 0.884. The number of hydrogen-bond acceptors (Lipinski definition) is 3. The van der Waals surface area contributed by atoms with E-state index in [0.717, 1.165) is 42.7 Å². The van der Waals surface area contributed by atoms with Gasteiger partial charge in [0.1, 0.15) is 5.75 Å². The zero-order valence-electron chi connectivity index (χ0n) is 13.3. The van der Waals surface area contributed by atoms with E-state index in [2.05, 4.69) is 4.90 Å². The van der Waals surface area contributed by atoms with Crippen LogP contribution in [0.25, 0.3) is 0 Å². The number of hydrogen-bond donors (Lipinski definition) is 1. The first-order chi connectivity index (χ1) is 11.2. The van der Waals surface area contributed by atoms with Gasteiger partial charge in [-0.15, -0.1) is 11.3 Å². The third-order valence-corrected chi connectivity index (χ3v) is 5.41.